The first-order valence-electron chi connectivity index (χ1n) is 7.86. The van der Waals surface area contributed by atoms with Crippen LogP contribution < -0.4 is 0 Å². The number of hydrogen-bond acceptors (Lipinski definition) is 4. The summed E-state index contributed by atoms with van der Waals surface area (Å²) in [5.74, 6) is 0.707. The van der Waals surface area contributed by atoms with E-state index in [0.717, 1.165) is 25.4 Å². The number of rotatable bonds is 7. The average molecular weight is 307 g/mol. The molecule has 0 spiro atoms. The van der Waals surface area contributed by atoms with Gasteiger partial charge in [0.1, 0.15) is 0 Å². The quantitative estimate of drug-likeness (QED) is 0.570. The van der Waals surface area contributed by atoms with Gasteiger partial charge in [0.15, 0.2) is 0 Å². The lowest BCUT2D eigenvalue weighted by Crippen LogP contribution is -2.38. The molecule has 0 N–H and O–H groups in total. The summed E-state index contributed by atoms with van der Waals surface area (Å²) in [7, 11) is 0. The van der Waals surface area contributed by atoms with Gasteiger partial charge < -0.3 is 9.64 Å². The number of carbonyl (C=O) groups is 1. The van der Waals surface area contributed by atoms with E-state index in [2.05, 4.69) is 17.0 Å². The molecule has 1 atom stereocenters. The fourth-order valence-electron chi connectivity index (χ4n) is 2.62. The topological polar surface area (TPSA) is 29.5 Å². The highest BCUT2D eigenvalue weighted by atomic mass is 32.2. The standard InChI is InChI=1S/C17H25NO2S/c1-2-20-17(19)15(13-18-11-7-4-8-12-18)14-21-16-9-5-3-6-10-16/h3,5-6,9-10,15H,2,4,7-8,11-14H2,1H3. The zero-order valence-corrected chi connectivity index (χ0v) is 13.6. The molecule has 0 radical (unpaired) electrons. The highest BCUT2D eigenvalue weighted by Crippen LogP contribution is 2.22. The van der Waals surface area contributed by atoms with Gasteiger partial charge in [0, 0.05) is 17.2 Å². The van der Waals surface area contributed by atoms with Crippen LogP contribution in [0.3, 0.4) is 0 Å². The van der Waals surface area contributed by atoms with Gasteiger partial charge in [-0.15, -0.1) is 11.8 Å². The van der Waals surface area contributed by atoms with Crippen molar-refractivity contribution < 1.29 is 9.53 Å². The normalized spacial score (nSPS) is 17.4. The minimum atomic E-state index is -0.0495. The van der Waals surface area contributed by atoms with Gasteiger partial charge in [-0.3, -0.25) is 4.79 Å². The van der Waals surface area contributed by atoms with Gasteiger partial charge in [-0.25, -0.2) is 0 Å². The molecule has 0 saturated carbocycles. The molecule has 2 rings (SSSR count). The fourth-order valence-corrected chi connectivity index (χ4v) is 3.61. The molecule has 1 saturated heterocycles. The van der Waals surface area contributed by atoms with E-state index in [-0.39, 0.29) is 11.9 Å². The van der Waals surface area contributed by atoms with Gasteiger partial charge in [0.2, 0.25) is 0 Å². The Kier molecular flexibility index (Phi) is 7.10. The van der Waals surface area contributed by atoms with E-state index in [4.69, 9.17) is 4.74 Å². The van der Waals surface area contributed by atoms with Gasteiger partial charge in [0.25, 0.3) is 0 Å². The summed E-state index contributed by atoms with van der Waals surface area (Å²) in [4.78, 5) is 15.8. The van der Waals surface area contributed by atoms with Gasteiger partial charge in [-0.2, -0.15) is 0 Å². The highest BCUT2D eigenvalue weighted by Gasteiger charge is 2.24. The number of benzene rings is 1. The van der Waals surface area contributed by atoms with Gasteiger partial charge in [-0.1, -0.05) is 24.6 Å². The molecule has 0 aliphatic carbocycles. The van der Waals surface area contributed by atoms with Crippen molar-refractivity contribution in [3.63, 3.8) is 0 Å². The second-order valence-electron chi connectivity index (χ2n) is 5.43. The van der Waals surface area contributed by atoms with Crippen LogP contribution in [0.15, 0.2) is 35.2 Å². The summed E-state index contributed by atoms with van der Waals surface area (Å²) in [6, 6.07) is 10.3. The van der Waals surface area contributed by atoms with Crippen molar-refractivity contribution in [3.05, 3.63) is 30.3 Å². The third-order valence-corrected chi connectivity index (χ3v) is 4.92. The summed E-state index contributed by atoms with van der Waals surface area (Å²) in [6.45, 7) is 5.40. The number of esters is 1. The summed E-state index contributed by atoms with van der Waals surface area (Å²) < 4.78 is 5.26. The van der Waals surface area contributed by atoms with Crippen molar-refractivity contribution in [2.75, 3.05) is 32.0 Å². The maximum absolute atomic E-state index is 12.2. The predicted molar refractivity (Wildman–Crippen MR) is 87.6 cm³/mol. The fraction of sp³-hybridized carbons (Fsp3) is 0.588. The Bertz CT molecular complexity index is 418. The molecule has 1 aliphatic heterocycles. The molecule has 1 aromatic carbocycles. The molecule has 1 heterocycles. The first kappa shape index (κ1) is 16.4. The van der Waals surface area contributed by atoms with Gasteiger partial charge >= 0.3 is 5.97 Å². The van der Waals surface area contributed by atoms with E-state index < -0.39 is 0 Å². The SMILES string of the molecule is CCOC(=O)C(CSc1ccccc1)CN1CCCCC1. The number of nitrogens with zero attached hydrogens (tertiary/aromatic N) is 1. The molecule has 1 fully saturated rings. The van der Waals surface area contributed by atoms with Crippen LogP contribution in [0.2, 0.25) is 0 Å². The molecule has 4 heteroatoms. The molecule has 3 nitrogen and oxygen atoms in total. The molecular weight excluding hydrogens is 282 g/mol. The molecule has 0 bridgehead atoms. The molecule has 1 aromatic rings. The predicted octanol–water partition coefficient (Wildman–Crippen LogP) is 3.44. The summed E-state index contributed by atoms with van der Waals surface area (Å²) >= 11 is 1.74. The van der Waals surface area contributed by atoms with E-state index in [1.807, 2.05) is 25.1 Å². The monoisotopic (exact) mass is 307 g/mol. The van der Waals surface area contributed by atoms with E-state index >= 15 is 0 Å². The van der Waals surface area contributed by atoms with Crippen molar-refractivity contribution in [2.24, 2.45) is 5.92 Å². The lowest BCUT2D eigenvalue weighted by molar-refractivity contribution is -0.147. The van der Waals surface area contributed by atoms with Crippen molar-refractivity contribution in [1.29, 1.82) is 0 Å². The zero-order chi connectivity index (χ0) is 14.9. The van der Waals surface area contributed by atoms with Crippen LogP contribution in [-0.4, -0.2) is 42.9 Å². The third-order valence-electron chi connectivity index (χ3n) is 3.74. The Labute approximate surface area is 132 Å². The summed E-state index contributed by atoms with van der Waals surface area (Å²) in [6.07, 6.45) is 3.82. The molecule has 21 heavy (non-hydrogen) atoms. The van der Waals surface area contributed by atoms with Crippen LogP contribution in [0.4, 0.5) is 0 Å². The Morgan fingerprint density at radius 2 is 1.95 bits per heavy atom. The minimum absolute atomic E-state index is 0.0340. The van der Waals surface area contributed by atoms with Gasteiger partial charge in [-0.05, 0) is 45.0 Å². The molecule has 0 amide bonds. The number of thioether (sulfide) groups is 1. The number of likely N-dealkylation sites (tertiary alicyclic amines) is 1. The molecule has 1 unspecified atom stereocenters. The van der Waals surface area contributed by atoms with E-state index in [1.165, 1.54) is 24.2 Å². The number of piperidine rings is 1. The van der Waals surface area contributed by atoms with Crippen LogP contribution in [-0.2, 0) is 9.53 Å². The van der Waals surface area contributed by atoms with Crippen molar-refractivity contribution in [2.45, 2.75) is 31.1 Å². The highest BCUT2D eigenvalue weighted by molar-refractivity contribution is 7.99. The van der Waals surface area contributed by atoms with Crippen LogP contribution in [0.25, 0.3) is 0 Å². The van der Waals surface area contributed by atoms with Crippen LogP contribution in [0, 0.1) is 5.92 Å². The second kappa shape index (κ2) is 9.11. The number of ether oxygens (including phenoxy) is 1. The van der Waals surface area contributed by atoms with Crippen molar-refractivity contribution >= 4 is 17.7 Å². The lowest BCUT2D eigenvalue weighted by atomic mass is 10.1. The average Bonchev–Trinajstić information content (AvgIpc) is 2.53. The second-order valence-corrected chi connectivity index (χ2v) is 6.53. The minimum Gasteiger partial charge on any atom is -0.466 e. The lowest BCUT2D eigenvalue weighted by Gasteiger charge is -2.29. The first-order valence-corrected chi connectivity index (χ1v) is 8.85. The van der Waals surface area contributed by atoms with Crippen molar-refractivity contribution in [1.82, 2.24) is 4.90 Å². The molecule has 116 valence electrons. The Morgan fingerprint density at radius 1 is 1.24 bits per heavy atom. The summed E-state index contributed by atoms with van der Waals surface area (Å²) in [5, 5.41) is 0. The molecule has 1 aliphatic rings. The molecular formula is C17H25NO2S. The number of hydrogen-bond donors (Lipinski definition) is 0. The largest absolute Gasteiger partial charge is 0.466 e. The summed E-state index contributed by atoms with van der Waals surface area (Å²) in [5.41, 5.74) is 0. The number of carbonyl (C=O) groups excluding carboxylic acids is 1. The zero-order valence-electron chi connectivity index (χ0n) is 12.8. The third kappa shape index (κ3) is 5.71. The maximum Gasteiger partial charge on any atom is 0.311 e. The van der Waals surface area contributed by atoms with Gasteiger partial charge in [0.05, 0.1) is 12.5 Å². The van der Waals surface area contributed by atoms with Crippen molar-refractivity contribution in [3.8, 4) is 0 Å². The first-order chi connectivity index (χ1) is 10.3. The van der Waals surface area contributed by atoms with E-state index in [9.17, 15) is 4.79 Å². The van der Waals surface area contributed by atoms with E-state index in [0.29, 0.717) is 6.61 Å². The molecule has 0 aromatic heterocycles. The Hall–Kier alpha value is -1.00. The maximum atomic E-state index is 12.2. The smallest absolute Gasteiger partial charge is 0.311 e. The van der Waals surface area contributed by atoms with Crippen LogP contribution >= 0.6 is 11.8 Å². The van der Waals surface area contributed by atoms with Crippen LogP contribution in [0.5, 0.6) is 0 Å². The Balaban J connectivity index is 1.89. The van der Waals surface area contributed by atoms with Crippen LogP contribution in [0.1, 0.15) is 26.2 Å². The Morgan fingerprint density at radius 3 is 2.62 bits per heavy atom. The van der Waals surface area contributed by atoms with E-state index in [1.54, 1.807) is 11.8 Å².